The first kappa shape index (κ1) is 11.2. The van der Waals surface area contributed by atoms with Gasteiger partial charge < -0.3 is 5.32 Å². The van der Waals surface area contributed by atoms with Gasteiger partial charge in [-0.1, -0.05) is 0 Å². The third-order valence-electron chi connectivity index (χ3n) is 2.52. The van der Waals surface area contributed by atoms with Gasteiger partial charge in [0.05, 0.1) is 11.2 Å². The number of nitrogens with one attached hydrogen (secondary N) is 1. The average molecular weight is 233 g/mol. The van der Waals surface area contributed by atoms with Gasteiger partial charge in [-0.05, 0) is 24.6 Å². The Labute approximate surface area is 99.6 Å². The Hall–Kier alpha value is -1.26. The molecule has 2 aromatic rings. The lowest BCUT2D eigenvalue weighted by Crippen LogP contribution is -2.21. The van der Waals surface area contributed by atoms with Crippen molar-refractivity contribution in [3.63, 3.8) is 0 Å². The van der Waals surface area contributed by atoms with Gasteiger partial charge in [-0.3, -0.25) is 4.98 Å². The molecule has 0 saturated carbocycles. The summed E-state index contributed by atoms with van der Waals surface area (Å²) >= 11 is 1.65. The molecule has 4 heteroatoms. The van der Waals surface area contributed by atoms with Crippen molar-refractivity contribution in [1.29, 1.82) is 0 Å². The maximum atomic E-state index is 4.25. The zero-order valence-corrected chi connectivity index (χ0v) is 10.1. The van der Waals surface area contributed by atoms with Crippen molar-refractivity contribution in [2.75, 3.05) is 6.54 Å². The third kappa shape index (κ3) is 3.12. The van der Waals surface area contributed by atoms with E-state index in [0.717, 1.165) is 13.0 Å². The highest BCUT2D eigenvalue weighted by molar-refractivity contribution is 7.07. The second-order valence-electron chi connectivity index (χ2n) is 3.69. The van der Waals surface area contributed by atoms with Crippen molar-refractivity contribution in [3.8, 4) is 0 Å². The topological polar surface area (TPSA) is 37.8 Å². The van der Waals surface area contributed by atoms with Crippen LogP contribution in [0.5, 0.6) is 0 Å². The van der Waals surface area contributed by atoms with E-state index in [1.165, 1.54) is 11.3 Å². The van der Waals surface area contributed by atoms with Crippen molar-refractivity contribution >= 4 is 11.3 Å². The maximum Gasteiger partial charge on any atom is 0.0794 e. The molecule has 0 aliphatic rings. The van der Waals surface area contributed by atoms with Crippen LogP contribution in [0.3, 0.4) is 0 Å². The predicted molar refractivity (Wildman–Crippen MR) is 66.5 cm³/mol. The Morgan fingerprint density at radius 2 is 2.19 bits per heavy atom. The summed E-state index contributed by atoms with van der Waals surface area (Å²) in [5.41, 5.74) is 4.31. The number of aromatic nitrogens is 2. The maximum absolute atomic E-state index is 4.25. The van der Waals surface area contributed by atoms with Crippen LogP contribution >= 0.6 is 11.3 Å². The van der Waals surface area contributed by atoms with E-state index >= 15 is 0 Å². The van der Waals surface area contributed by atoms with Crippen LogP contribution in [0.25, 0.3) is 0 Å². The van der Waals surface area contributed by atoms with Crippen molar-refractivity contribution in [1.82, 2.24) is 15.3 Å². The summed E-state index contributed by atoms with van der Waals surface area (Å²) in [6.07, 6.45) is 4.64. The molecule has 0 aliphatic carbocycles. The molecule has 0 aliphatic heterocycles. The molecule has 0 aromatic carbocycles. The van der Waals surface area contributed by atoms with Gasteiger partial charge in [0.15, 0.2) is 0 Å². The van der Waals surface area contributed by atoms with Crippen LogP contribution in [0.1, 0.15) is 24.2 Å². The monoisotopic (exact) mass is 233 g/mol. The van der Waals surface area contributed by atoms with Gasteiger partial charge in [0.1, 0.15) is 0 Å². The van der Waals surface area contributed by atoms with Gasteiger partial charge in [0.2, 0.25) is 0 Å². The standard InChI is InChI=1S/C12H15N3S/c1-10(11-2-5-13-6-3-11)14-7-4-12-8-16-9-15-12/h2-3,5-6,8-10,14H,4,7H2,1H3. The Balaban J connectivity index is 1.78. The lowest BCUT2D eigenvalue weighted by molar-refractivity contribution is 0.574. The molecule has 1 unspecified atom stereocenters. The zero-order valence-electron chi connectivity index (χ0n) is 9.26. The zero-order chi connectivity index (χ0) is 11.2. The van der Waals surface area contributed by atoms with Gasteiger partial charge in [-0.25, -0.2) is 4.98 Å². The van der Waals surface area contributed by atoms with Gasteiger partial charge in [0, 0.05) is 36.8 Å². The van der Waals surface area contributed by atoms with Gasteiger partial charge >= 0.3 is 0 Å². The Kier molecular flexibility index (Phi) is 4.02. The van der Waals surface area contributed by atoms with E-state index in [-0.39, 0.29) is 0 Å². The Bertz CT molecular complexity index is 399. The molecule has 0 saturated heterocycles. The molecule has 2 aromatic heterocycles. The fraction of sp³-hybridized carbons (Fsp3) is 0.333. The second-order valence-corrected chi connectivity index (χ2v) is 4.40. The van der Waals surface area contributed by atoms with E-state index in [9.17, 15) is 0 Å². The van der Waals surface area contributed by atoms with Crippen LogP contribution in [-0.2, 0) is 6.42 Å². The molecule has 0 amide bonds. The highest BCUT2D eigenvalue weighted by Crippen LogP contribution is 2.10. The first-order valence-corrected chi connectivity index (χ1v) is 6.31. The lowest BCUT2D eigenvalue weighted by Gasteiger charge is -2.13. The number of hydrogen-bond acceptors (Lipinski definition) is 4. The average Bonchev–Trinajstić information content (AvgIpc) is 2.83. The molecule has 16 heavy (non-hydrogen) atoms. The summed E-state index contributed by atoms with van der Waals surface area (Å²) in [4.78, 5) is 8.27. The van der Waals surface area contributed by atoms with Crippen LogP contribution in [0.2, 0.25) is 0 Å². The van der Waals surface area contributed by atoms with Crippen LogP contribution in [0, 0.1) is 0 Å². The molecular formula is C12H15N3S. The molecule has 1 N–H and O–H groups in total. The summed E-state index contributed by atoms with van der Waals surface area (Å²) in [5, 5.41) is 5.57. The SMILES string of the molecule is CC(NCCc1cscn1)c1ccncc1. The largest absolute Gasteiger partial charge is 0.310 e. The number of rotatable bonds is 5. The minimum atomic E-state index is 0.363. The summed E-state index contributed by atoms with van der Waals surface area (Å²) in [6, 6.07) is 4.45. The molecule has 0 bridgehead atoms. The van der Waals surface area contributed by atoms with E-state index in [4.69, 9.17) is 0 Å². The van der Waals surface area contributed by atoms with Crippen molar-refractivity contribution in [2.45, 2.75) is 19.4 Å². The van der Waals surface area contributed by atoms with E-state index in [2.05, 4.69) is 27.6 Å². The van der Waals surface area contributed by atoms with Gasteiger partial charge in [-0.2, -0.15) is 0 Å². The molecule has 2 rings (SSSR count). The summed E-state index contributed by atoms with van der Waals surface area (Å²) in [5.74, 6) is 0. The van der Waals surface area contributed by atoms with E-state index in [1.54, 1.807) is 11.3 Å². The molecular weight excluding hydrogens is 218 g/mol. The predicted octanol–water partition coefficient (Wildman–Crippen LogP) is 2.43. The van der Waals surface area contributed by atoms with Crippen molar-refractivity contribution in [3.05, 3.63) is 46.7 Å². The Morgan fingerprint density at radius 3 is 2.88 bits per heavy atom. The molecule has 1 atom stereocenters. The van der Waals surface area contributed by atoms with E-state index < -0.39 is 0 Å². The number of thiazole rings is 1. The van der Waals surface area contributed by atoms with E-state index in [1.807, 2.05) is 30.0 Å². The minimum absolute atomic E-state index is 0.363. The van der Waals surface area contributed by atoms with Crippen molar-refractivity contribution < 1.29 is 0 Å². The Morgan fingerprint density at radius 1 is 1.38 bits per heavy atom. The smallest absolute Gasteiger partial charge is 0.0794 e. The number of pyridine rings is 1. The highest BCUT2D eigenvalue weighted by atomic mass is 32.1. The first-order chi connectivity index (χ1) is 7.86. The second kappa shape index (κ2) is 5.72. The summed E-state index contributed by atoms with van der Waals surface area (Å²) < 4.78 is 0. The first-order valence-electron chi connectivity index (χ1n) is 5.36. The number of hydrogen-bond donors (Lipinski definition) is 1. The van der Waals surface area contributed by atoms with Crippen LogP contribution < -0.4 is 5.32 Å². The summed E-state index contributed by atoms with van der Waals surface area (Å²) in [7, 11) is 0. The molecule has 2 heterocycles. The van der Waals surface area contributed by atoms with Gasteiger partial charge in [0.25, 0.3) is 0 Å². The van der Waals surface area contributed by atoms with Gasteiger partial charge in [-0.15, -0.1) is 11.3 Å². The highest BCUT2D eigenvalue weighted by Gasteiger charge is 2.03. The van der Waals surface area contributed by atoms with Crippen molar-refractivity contribution in [2.24, 2.45) is 0 Å². The summed E-state index contributed by atoms with van der Waals surface area (Å²) in [6.45, 7) is 3.11. The van der Waals surface area contributed by atoms with Crippen LogP contribution in [0.4, 0.5) is 0 Å². The van der Waals surface area contributed by atoms with E-state index in [0.29, 0.717) is 6.04 Å². The fourth-order valence-electron chi connectivity index (χ4n) is 1.55. The van der Waals surface area contributed by atoms with Crippen LogP contribution in [0.15, 0.2) is 35.4 Å². The molecule has 0 spiro atoms. The molecule has 3 nitrogen and oxygen atoms in total. The number of nitrogens with zero attached hydrogens (tertiary/aromatic N) is 2. The molecule has 0 fully saturated rings. The van der Waals surface area contributed by atoms with Crippen LogP contribution in [-0.4, -0.2) is 16.5 Å². The fourth-order valence-corrected chi connectivity index (χ4v) is 2.14. The quantitative estimate of drug-likeness (QED) is 0.862. The minimum Gasteiger partial charge on any atom is -0.310 e. The molecule has 0 radical (unpaired) electrons. The molecule has 84 valence electrons. The third-order valence-corrected chi connectivity index (χ3v) is 3.16. The normalized spacial score (nSPS) is 12.6. The lowest BCUT2D eigenvalue weighted by atomic mass is 10.1.